The van der Waals surface area contributed by atoms with Crippen LogP contribution in [0.4, 0.5) is 5.82 Å². The average Bonchev–Trinajstić information content (AvgIpc) is 2.69. The minimum atomic E-state index is 0.0236. The summed E-state index contributed by atoms with van der Waals surface area (Å²) in [4.78, 5) is 8.54. The monoisotopic (exact) mass is 251 g/mol. The molecule has 0 saturated carbocycles. The fourth-order valence-corrected chi connectivity index (χ4v) is 2.63. The molecule has 2 rings (SSSR count). The Bertz CT molecular complexity index is 509. The van der Waals surface area contributed by atoms with Gasteiger partial charge in [-0.1, -0.05) is 13.8 Å². The highest BCUT2D eigenvalue weighted by atomic mass is 32.1. The van der Waals surface area contributed by atoms with E-state index in [4.69, 9.17) is 0 Å². The Hall–Kier alpha value is -1.20. The maximum atomic E-state index is 9.33. The van der Waals surface area contributed by atoms with Gasteiger partial charge in [0.2, 0.25) is 0 Å². The van der Waals surface area contributed by atoms with Gasteiger partial charge >= 0.3 is 0 Å². The third-order valence-corrected chi connectivity index (χ3v) is 3.95. The molecule has 0 aliphatic rings. The molecule has 1 unspecified atom stereocenters. The van der Waals surface area contributed by atoms with E-state index in [0.29, 0.717) is 5.92 Å². The highest BCUT2D eigenvalue weighted by molar-refractivity contribution is 7.18. The molecule has 0 aromatic carbocycles. The summed E-state index contributed by atoms with van der Waals surface area (Å²) in [5, 5.41) is 14.7. The van der Waals surface area contributed by atoms with Gasteiger partial charge in [-0.05, 0) is 23.8 Å². The van der Waals surface area contributed by atoms with Crippen molar-refractivity contribution in [3.05, 3.63) is 17.3 Å². The quantitative estimate of drug-likeness (QED) is 0.876. The van der Waals surface area contributed by atoms with Crippen LogP contribution in [0.15, 0.2) is 11.7 Å². The van der Waals surface area contributed by atoms with E-state index < -0.39 is 0 Å². The molecule has 1 atom stereocenters. The Balaban J connectivity index is 2.35. The highest BCUT2D eigenvalue weighted by Gasteiger charge is 2.15. The molecule has 0 bridgehead atoms. The molecule has 0 fully saturated rings. The minimum absolute atomic E-state index is 0.0236. The van der Waals surface area contributed by atoms with Gasteiger partial charge in [0.25, 0.3) is 0 Å². The third-order valence-electron chi connectivity index (χ3n) is 2.85. The number of fused-ring (bicyclic) bond motifs is 1. The SMILES string of the molecule is Cc1csc2c(NC(CO)C(C)C)ncnc12. The number of hydrogen-bond donors (Lipinski definition) is 2. The maximum Gasteiger partial charge on any atom is 0.147 e. The molecule has 0 aliphatic heterocycles. The molecular weight excluding hydrogens is 234 g/mol. The predicted molar refractivity (Wildman–Crippen MR) is 71.5 cm³/mol. The number of aryl methyl sites for hydroxylation is 1. The molecule has 0 radical (unpaired) electrons. The Morgan fingerprint density at radius 2 is 2.18 bits per heavy atom. The van der Waals surface area contributed by atoms with Gasteiger partial charge in [0.05, 0.1) is 22.9 Å². The highest BCUT2D eigenvalue weighted by Crippen LogP contribution is 2.29. The number of thiophene rings is 1. The van der Waals surface area contributed by atoms with E-state index in [-0.39, 0.29) is 12.6 Å². The molecule has 0 amide bonds. The molecule has 4 nitrogen and oxygen atoms in total. The first kappa shape index (κ1) is 12.3. The molecule has 17 heavy (non-hydrogen) atoms. The van der Waals surface area contributed by atoms with Crippen molar-refractivity contribution in [2.45, 2.75) is 26.8 Å². The number of anilines is 1. The number of nitrogens with one attached hydrogen (secondary N) is 1. The first-order valence-corrected chi connectivity index (χ1v) is 6.57. The second-order valence-corrected chi connectivity index (χ2v) is 5.38. The summed E-state index contributed by atoms with van der Waals surface area (Å²) in [6.45, 7) is 6.30. The Labute approximate surface area is 105 Å². The van der Waals surface area contributed by atoms with Gasteiger partial charge in [0.1, 0.15) is 12.1 Å². The van der Waals surface area contributed by atoms with Crippen LogP contribution in [0.1, 0.15) is 19.4 Å². The molecular formula is C12H17N3OS. The van der Waals surface area contributed by atoms with Crippen LogP contribution >= 0.6 is 11.3 Å². The zero-order valence-corrected chi connectivity index (χ0v) is 11.1. The number of hydrogen-bond acceptors (Lipinski definition) is 5. The lowest BCUT2D eigenvalue weighted by Crippen LogP contribution is -2.29. The lowest BCUT2D eigenvalue weighted by molar-refractivity contribution is 0.249. The summed E-state index contributed by atoms with van der Waals surface area (Å²) in [6, 6.07) is 0.0236. The van der Waals surface area contributed by atoms with Gasteiger partial charge in [-0.15, -0.1) is 11.3 Å². The third kappa shape index (κ3) is 2.40. The van der Waals surface area contributed by atoms with Crippen LogP contribution in [-0.2, 0) is 0 Å². The first-order chi connectivity index (χ1) is 8.13. The zero-order valence-electron chi connectivity index (χ0n) is 10.3. The predicted octanol–water partition coefficient (Wildman–Crippen LogP) is 2.43. The summed E-state index contributed by atoms with van der Waals surface area (Å²) in [5.41, 5.74) is 2.16. The Morgan fingerprint density at radius 3 is 2.82 bits per heavy atom. The van der Waals surface area contributed by atoms with Gasteiger partial charge in [0, 0.05) is 0 Å². The van der Waals surface area contributed by atoms with E-state index in [9.17, 15) is 5.11 Å². The molecule has 92 valence electrons. The molecule has 2 aromatic rings. The van der Waals surface area contributed by atoms with Gasteiger partial charge in [0.15, 0.2) is 0 Å². The molecule has 0 saturated heterocycles. The van der Waals surface area contributed by atoms with Gasteiger partial charge in [-0.25, -0.2) is 9.97 Å². The van der Waals surface area contributed by atoms with Gasteiger partial charge < -0.3 is 10.4 Å². The lowest BCUT2D eigenvalue weighted by atomic mass is 10.1. The van der Waals surface area contributed by atoms with Crippen molar-refractivity contribution < 1.29 is 5.11 Å². The van der Waals surface area contributed by atoms with E-state index >= 15 is 0 Å². The van der Waals surface area contributed by atoms with Crippen LogP contribution < -0.4 is 5.32 Å². The van der Waals surface area contributed by atoms with Gasteiger partial charge in [-0.2, -0.15) is 0 Å². The zero-order chi connectivity index (χ0) is 12.4. The summed E-state index contributed by atoms with van der Waals surface area (Å²) < 4.78 is 1.06. The molecule has 0 spiro atoms. The lowest BCUT2D eigenvalue weighted by Gasteiger charge is -2.20. The van der Waals surface area contributed by atoms with Crippen LogP contribution in [0.2, 0.25) is 0 Å². The molecule has 2 aromatic heterocycles. The van der Waals surface area contributed by atoms with Gasteiger partial charge in [-0.3, -0.25) is 0 Å². The van der Waals surface area contributed by atoms with E-state index in [1.54, 1.807) is 17.7 Å². The standard InChI is InChI=1S/C12H17N3OS/c1-7(2)9(4-16)15-12-11-10(13-6-14-12)8(3)5-17-11/h5-7,9,16H,4H2,1-3H3,(H,13,14,15). The minimum Gasteiger partial charge on any atom is -0.394 e. The van der Waals surface area contributed by atoms with Crippen molar-refractivity contribution in [3.63, 3.8) is 0 Å². The van der Waals surface area contributed by atoms with Crippen molar-refractivity contribution in [2.75, 3.05) is 11.9 Å². The number of rotatable bonds is 4. The molecule has 2 heterocycles. The molecule has 0 aliphatic carbocycles. The Morgan fingerprint density at radius 1 is 1.41 bits per heavy atom. The second-order valence-electron chi connectivity index (χ2n) is 4.50. The van der Waals surface area contributed by atoms with Crippen LogP contribution in [0, 0.1) is 12.8 Å². The smallest absolute Gasteiger partial charge is 0.147 e. The van der Waals surface area contributed by atoms with Crippen LogP contribution in [0.25, 0.3) is 10.2 Å². The fraction of sp³-hybridized carbons (Fsp3) is 0.500. The molecule has 5 heteroatoms. The largest absolute Gasteiger partial charge is 0.394 e. The van der Waals surface area contributed by atoms with Crippen molar-refractivity contribution in [2.24, 2.45) is 5.92 Å². The van der Waals surface area contributed by atoms with Crippen molar-refractivity contribution in [1.29, 1.82) is 0 Å². The number of nitrogens with zero attached hydrogens (tertiary/aromatic N) is 2. The molecule has 2 N–H and O–H groups in total. The van der Waals surface area contributed by atoms with Crippen molar-refractivity contribution >= 4 is 27.4 Å². The average molecular weight is 251 g/mol. The number of aromatic nitrogens is 2. The van der Waals surface area contributed by atoms with E-state index in [2.05, 4.69) is 34.5 Å². The van der Waals surface area contributed by atoms with Crippen LogP contribution in [0.5, 0.6) is 0 Å². The fourth-order valence-electron chi connectivity index (χ4n) is 1.67. The summed E-state index contributed by atoms with van der Waals surface area (Å²) >= 11 is 1.64. The normalized spacial score (nSPS) is 13.2. The Kier molecular flexibility index (Phi) is 3.59. The topological polar surface area (TPSA) is 58.0 Å². The van der Waals surface area contributed by atoms with Crippen molar-refractivity contribution in [3.8, 4) is 0 Å². The van der Waals surface area contributed by atoms with Crippen molar-refractivity contribution in [1.82, 2.24) is 9.97 Å². The first-order valence-electron chi connectivity index (χ1n) is 5.69. The summed E-state index contributed by atoms with van der Waals surface area (Å²) in [6.07, 6.45) is 1.57. The van der Waals surface area contributed by atoms with Crippen LogP contribution in [-0.4, -0.2) is 27.7 Å². The van der Waals surface area contributed by atoms with Crippen LogP contribution in [0.3, 0.4) is 0 Å². The number of aliphatic hydroxyl groups is 1. The van der Waals surface area contributed by atoms with E-state index in [1.807, 2.05) is 6.92 Å². The summed E-state index contributed by atoms with van der Waals surface area (Å²) in [7, 11) is 0. The summed E-state index contributed by atoms with van der Waals surface area (Å²) in [5.74, 6) is 1.17. The van der Waals surface area contributed by atoms with E-state index in [1.165, 1.54) is 5.56 Å². The van der Waals surface area contributed by atoms with E-state index in [0.717, 1.165) is 16.0 Å². The maximum absolute atomic E-state index is 9.33. The number of aliphatic hydroxyl groups excluding tert-OH is 1. The second kappa shape index (κ2) is 4.98.